The SMILES string of the molecule is Cc1ncc(C#N)c(NCC2CCCN2C)n1. The summed E-state index contributed by atoms with van der Waals surface area (Å²) in [6, 6.07) is 2.65. The van der Waals surface area contributed by atoms with Crippen LogP contribution in [0, 0.1) is 18.3 Å². The largest absolute Gasteiger partial charge is 0.367 e. The number of anilines is 1. The van der Waals surface area contributed by atoms with E-state index in [4.69, 9.17) is 5.26 Å². The molecule has 0 amide bonds. The molecule has 0 bridgehead atoms. The lowest BCUT2D eigenvalue weighted by Crippen LogP contribution is -2.32. The van der Waals surface area contributed by atoms with Gasteiger partial charge in [-0.25, -0.2) is 9.97 Å². The van der Waals surface area contributed by atoms with Crippen LogP contribution in [0.15, 0.2) is 6.20 Å². The van der Waals surface area contributed by atoms with Gasteiger partial charge in [0, 0.05) is 12.6 Å². The molecule has 17 heavy (non-hydrogen) atoms. The van der Waals surface area contributed by atoms with Crippen molar-refractivity contribution in [3.63, 3.8) is 0 Å². The smallest absolute Gasteiger partial charge is 0.147 e. The van der Waals surface area contributed by atoms with Gasteiger partial charge in [0.1, 0.15) is 23.3 Å². The molecule has 0 saturated carbocycles. The highest BCUT2D eigenvalue weighted by Gasteiger charge is 2.20. The molecule has 2 rings (SSSR count). The van der Waals surface area contributed by atoms with Crippen LogP contribution >= 0.6 is 0 Å². The fourth-order valence-corrected chi connectivity index (χ4v) is 2.14. The van der Waals surface area contributed by atoms with Crippen LogP contribution < -0.4 is 5.32 Å². The zero-order chi connectivity index (χ0) is 12.3. The van der Waals surface area contributed by atoms with E-state index in [1.54, 1.807) is 6.20 Å². The van der Waals surface area contributed by atoms with Gasteiger partial charge in [0.15, 0.2) is 0 Å². The Morgan fingerprint density at radius 1 is 1.65 bits per heavy atom. The van der Waals surface area contributed by atoms with E-state index in [1.165, 1.54) is 12.8 Å². The number of nitrogens with one attached hydrogen (secondary N) is 1. The molecule has 1 fully saturated rings. The number of likely N-dealkylation sites (tertiary alicyclic amines) is 1. The summed E-state index contributed by atoms with van der Waals surface area (Å²) in [6.07, 6.45) is 4.02. The first-order chi connectivity index (χ1) is 8.20. The minimum Gasteiger partial charge on any atom is -0.367 e. The third-order valence-corrected chi connectivity index (χ3v) is 3.21. The summed E-state index contributed by atoms with van der Waals surface area (Å²) < 4.78 is 0. The van der Waals surface area contributed by atoms with Crippen molar-refractivity contribution in [1.82, 2.24) is 14.9 Å². The standard InChI is InChI=1S/C12H17N5/c1-9-14-7-10(6-13)12(16-9)15-8-11-4-3-5-17(11)2/h7,11H,3-5,8H2,1-2H3,(H,14,15,16). The van der Waals surface area contributed by atoms with E-state index in [2.05, 4.69) is 33.3 Å². The van der Waals surface area contributed by atoms with Crippen molar-refractivity contribution in [1.29, 1.82) is 5.26 Å². The number of nitriles is 1. The van der Waals surface area contributed by atoms with Crippen LogP contribution in [-0.4, -0.2) is 41.0 Å². The van der Waals surface area contributed by atoms with Gasteiger partial charge in [-0.3, -0.25) is 0 Å². The summed E-state index contributed by atoms with van der Waals surface area (Å²) in [5, 5.41) is 12.2. The van der Waals surface area contributed by atoms with E-state index in [-0.39, 0.29) is 0 Å². The summed E-state index contributed by atoms with van der Waals surface area (Å²) in [5.74, 6) is 1.34. The Balaban J connectivity index is 2.03. The van der Waals surface area contributed by atoms with Crippen LogP contribution in [0.4, 0.5) is 5.82 Å². The van der Waals surface area contributed by atoms with Crippen LogP contribution in [0.25, 0.3) is 0 Å². The average molecular weight is 231 g/mol. The van der Waals surface area contributed by atoms with Crippen molar-refractivity contribution in [2.45, 2.75) is 25.8 Å². The highest BCUT2D eigenvalue weighted by Crippen LogP contribution is 2.16. The predicted octanol–water partition coefficient (Wildman–Crippen LogP) is 1.16. The van der Waals surface area contributed by atoms with Crippen molar-refractivity contribution < 1.29 is 0 Å². The van der Waals surface area contributed by atoms with Crippen molar-refractivity contribution in [2.75, 3.05) is 25.5 Å². The quantitative estimate of drug-likeness (QED) is 0.845. The molecule has 0 radical (unpaired) electrons. The average Bonchev–Trinajstić information content (AvgIpc) is 2.72. The summed E-state index contributed by atoms with van der Waals surface area (Å²) in [5.41, 5.74) is 0.510. The molecule has 1 saturated heterocycles. The number of hydrogen-bond donors (Lipinski definition) is 1. The molecule has 1 aromatic heterocycles. The third kappa shape index (κ3) is 2.71. The lowest BCUT2D eigenvalue weighted by atomic mass is 10.2. The Morgan fingerprint density at radius 2 is 2.47 bits per heavy atom. The van der Waals surface area contributed by atoms with Gasteiger partial charge in [0.05, 0.1) is 6.20 Å². The zero-order valence-corrected chi connectivity index (χ0v) is 10.3. The number of likely N-dealkylation sites (N-methyl/N-ethyl adjacent to an activating group) is 1. The summed E-state index contributed by atoms with van der Waals surface area (Å²) in [4.78, 5) is 10.6. The lowest BCUT2D eigenvalue weighted by molar-refractivity contribution is 0.322. The lowest BCUT2D eigenvalue weighted by Gasteiger charge is -2.20. The third-order valence-electron chi connectivity index (χ3n) is 3.21. The molecular formula is C12H17N5. The van der Waals surface area contributed by atoms with Gasteiger partial charge in [0.2, 0.25) is 0 Å². The molecular weight excluding hydrogens is 214 g/mol. The van der Waals surface area contributed by atoms with Gasteiger partial charge in [-0.1, -0.05) is 0 Å². The van der Waals surface area contributed by atoms with Gasteiger partial charge < -0.3 is 10.2 Å². The molecule has 5 nitrogen and oxygen atoms in total. The molecule has 90 valence electrons. The summed E-state index contributed by atoms with van der Waals surface area (Å²) in [7, 11) is 2.13. The molecule has 0 aromatic carbocycles. The van der Waals surface area contributed by atoms with E-state index < -0.39 is 0 Å². The maximum absolute atomic E-state index is 8.97. The molecule has 5 heteroatoms. The minimum atomic E-state index is 0.510. The van der Waals surface area contributed by atoms with E-state index in [9.17, 15) is 0 Å². The van der Waals surface area contributed by atoms with Crippen LogP contribution in [0.1, 0.15) is 24.2 Å². The maximum atomic E-state index is 8.97. The van der Waals surface area contributed by atoms with Crippen molar-refractivity contribution in [3.05, 3.63) is 17.6 Å². The zero-order valence-electron chi connectivity index (χ0n) is 10.3. The Morgan fingerprint density at radius 3 is 3.12 bits per heavy atom. The predicted molar refractivity (Wildman–Crippen MR) is 65.6 cm³/mol. The fraction of sp³-hybridized carbons (Fsp3) is 0.583. The Labute approximate surface area is 101 Å². The van der Waals surface area contributed by atoms with Crippen molar-refractivity contribution in [2.24, 2.45) is 0 Å². The van der Waals surface area contributed by atoms with Crippen LogP contribution in [0.3, 0.4) is 0 Å². The molecule has 0 spiro atoms. The number of nitrogens with zero attached hydrogens (tertiary/aromatic N) is 4. The summed E-state index contributed by atoms with van der Waals surface area (Å²) >= 11 is 0. The second-order valence-electron chi connectivity index (χ2n) is 4.45. The Hall–Kier alpha value is -1.67. The molecule has 1 N–H and O–H groups in total. The van der Waals surface area contributed by atoms with E-state index in [1.807, 2.05) is 6.92 Å². The van der Waals surface area contributed by atoms with Crippen molar-refractivity contribution >= 4 is 5.82 Å². The maximum Gasteiger partial charge on any atom is 0.147 e. The van der Waals surface area contributed by atoms with Crippen LogP contribution in [0.5, 0.6) is 0 Å². The van der Waals surface area contributed by atoms with E-state index >= 15 is 0 Å². The van der Waals surface area contributed by atoms with Gasteiger partial charge in [-0.15, -0.1) is 0 Å². The van der Waals surface area contributed by atoms with Crippen molar-refractivity contribution in [3.8, 4) is 6.07 Å². The summed E-state index contributed by atoms with van der Waals surface area (Å²) in [6.45, 7) is 3.82. The first-order valence-electron chi connectivity index (χ1n) is 5.88. The van der Waals surface area contributed by atoms with Gasteiger partial charge >= 0.3 is 0 Å². The van der Waals surface area contributed by atoms with Gasteiger partial charge in [0.25, 0.3) is 0 Å². The molecule has 1 atom stereocenters. The van der Waals surface area contributed by atoms with Gasteiger partial charge in [-0.2, -0.15) is 5.26 Å². The first-order valence-corrected chi connectivity index (χ1v) is 5.88. The number of aryl methyl sites for hydroxylation is 1. The molecule has 0 aliphatic carbocycles. The Kier molecular flexibility index (Phi) is 3.55. The molecule has 2 heterocycles. The van der Waals surface area contributed by atoms with Gasteiger partial charge in [-0.05, 0) is 33.4 Å². The van der Waals surface area contributed by atoms with Crippen LogP contribution in [0.2, 0.25) is 0 Å². The van der Waals surface area contributed by atoms with E-state index in [0.717, 1.165) is 13.1 Å². The van der Waals surface area contributed by atoms with E-state index in [0.29, 0.717) is 23.2 Å². The number of hydrogen-bond acceptors (Lipinski definition) is 5. The second-order valence-corrected chi connectivity index (χ2v) is 4.45. The molecule has 1 unspecified atom stereocenters. The monoisotopic (exact) mass is 231 g/mol. The minimum absolute atomic E-state index is 0.510. The highest BCUT2D eigenvalue weighted by molar-refractivity contribution is 5.50. The second kappa shape index (κ2) is 5.11. The number of aromatic nitrogens is 2. The fourth-order valence-electron chi connectivity index (χ4n) is 2.14. The number of rotatable bonds is 3. The molecule has 1 aliphatic rings. The first kappa shape index (κ1) is 11.8. The topological polar surface area (TPSA) is 64.8 Å². The highest BCUT2D eigenvalue weighted by atomic mass is 15.2. The normalized spacial score (nSPS) is 20.2. The molecule has 1 aliphatic heterocycles. The Bertz CT molecular complexity index is 437. The molecule has 1 aromatic rings. The van der Waals surface area contributed by atoms with Crippen LogP contribution in [-0.2, 0) is 0 Å².